The second-order valence-corrected chi connectivity index (χ2v) is 5.05. The summed E-state index contributed by atoms with van der Waals surface area (Å²) in [5.41, 5.74) is 0.866. The van der Waals surface area contributed by atoms with Crippen LogP contribution in [0.1, 0.15) is 13.8 Å². The van der Waals surface area contributed by atoms with Gasteiger partial charge in [0.05, 0.1) is 0 Å². The SMILES string of the molecule is CCNC(=O)[C@H](C)NC(=S)Nc1cccc(Br)c1. The summed E-state index contributed by atoms with van der Waals surface area (Å²) in [6.07, 6.45) is 0. The van der Waals surface area contributed by atoms with Crippen LogP contribution in [0.25, 0.3) is 0 Å². The van der Waals surface area contributed by atoms with Crippen LogP contribution >= 0.6 is 28.1 Å². The summed E-state index contributed by atoms with van der Waals surface area (Å²) >= 11 is 8.52. The molecule has 0 spiro atoms. The average Bonchev–Trinajstić information content (AvgIpc) is 2.28. The van der Waals surface area contributed by atoms with Crippen LogP contribution in [0.5, 0.6) is 0 Å². The van der Waals surface area contributed by atoms with Gasteiger partial charge in [0.1, 0.15) is 6.04 Å². The smallest absolute Gasteiger partial charge is 0.242 e. The van der Waals surface area contributed by atoms with E-state index in [2.05, 4.69) is 31.9 Å². The van der Waals surface area contributed by atoms with Crippen LogP contribution in [-0.2, 0) is 4.79 Å². The van der Waals surface area contributed by atoms with E-state index < -0.39 is 0 Å². The Morgan fingerprint density at radius 2 is 2.22 bits per heavy atom. The maximum absolute atomic E-state index is 11.5. The highest BCUT2D eigenvalue weighted by Gasteiger charge is 2.12. The van der Waals surface area contributed by atoms with E-state index >= 15 is 0 Å². The number of carbonyl (C=O) groups is 1. The third-order valence-corrected chi connectivity index (χ3v) is 2.89. The second-order valence-electron chi connectivity index (χ2n) is 3.73. The first-order valence-electron chi connectivity index (χ1n) is 5.63. The highest BCUT2D eigenvalue weighted by atomic mass is 79.9. The minimum Gasteiger partial charge on any atom is -0.355 e. The largest absolute Gasteiger partial charge is 0.355 e. The molecule has 0 aliphatic rings. The normalized spacial score (nSPS) is 11.5. The minimum atomic E-state index is -0.364. The van der Waals surface area contributed by atoms with Gasteiger partial charge in [0.25, 0.3) is 0 Å². The van der Waals surface area contributed by atoms with Crippen LogP contribution in [0.2, 0.25) is 0 Å². The lowest BCUT2D eigenvalue weighted by atomic mass is 10.3. The molecule has 0 unspecified atom stereocenters. The molecule has 4 nitrogen and oxygen atoms in total. The van der Waals surface area contributed by atoms with Crippen molar-refractivity contribution >= 4 is 44.9 Å². The highest BCUT2D eigenvalue weighted by molar-refractivity contribution is 9.10. The maximum Gasteiger partial charge on any atom is 0.242 e. The number of benzene rings is 1. The molecule has 98 valence electrons. The van der Waals surface area contributed by atoms with Gasteiger partial charge in [-0.15, -0.1) is 0 Å². The lowest BCUT2D eigenvalue weighted by molar-refractivity contribution is -0.122. The zero-order valence-corrected chi connectivity index (χ0v) is 12.7. The van der Waals surface area contributed by atoms with E-state index in [1.165, 1.54) is 0 Å². The Labute approximate surface area is 121 Å². The molecule has 0 saturated carbocycles. The highest BCUT2D eigenvalue weighted by Crippen LogP contribution is 2.15. The standard InChI is InChI=1S/C12H16BrN3OS/c1-3-14-11(17)8(2)15-12(18)16-10-6-4-5-9(13)7-10/h4-8H,3H2,1-2H3,(H,14,17)(H2,15,16,18)/t8-/m0/s1. The predicted molar refractivity (Wildman–Crippen MR) is 81.6 cm³/mol. The van der Waals surface area contributed by atoms with Gasteiger partial charge >= 0.3 is 0 Å². The number of carbonyl (C=O) groups excluding carboxylic acids is 1. The van der Waals surface area contributed by atoms with Crippen molar-refractivity contribution in [2.24, 2.45) is 0 Å². The molecule has 1 aromatic rings. The van der Waals surface area contributed by atoms with Gasteiger partial charge in [-0.1, -0.05) is 22.0 Å². The van der Waals surface area contributed by atoms with Crippen LogP contribution in [-0.4, -0.2) is 23.6 Å². The fourth-order valence-corrected chi connectivity index (χ4v) is 2.02. The van der Waals surface area contributed by atoms with E-state index in [1.807, 2.05) is 31.2 Å². The molecular formula is C12H16BrN3OS. The Balaban J connectivity index is 2.49. The lowest BCUT2D eigenvalue weighted by Gasteiger charge is -2.16. The lowest BCUT2D eigenvalue weighted by Crippen LogP contribution is -2.46. The van der Waals surface area contributed by atoms with Crippen LogP contribution in [0, 0.1) is 0 Å². The number of amides is 1. The zero-order valence-electron chi connectivity index (χ0n) is 10.3. The van der Waals surface area contributed by atoms with Crippen molar-refractivity contribution in [1.29, 1.82) is 0 Å². The van der Waals surface area contributed by atoms with Gasteiger partial charge in [0.15, 0.2) is 5.11 Å². The first kappa shape index (κ1) is 14.9. The molecule has 1 amide bonds. The summed E-state index contributed by atoms with van der Waals surface area (Å²) in [5.74, 6) is -0.0732. The van der Waals surface area contributed by atoms with Crippen LogP contribution < -0.4 is 16.0 Å². The van der Waals surface area contributed by atoms with E-state index in [-0.39, 0.29) is 11.9 Å². The van der Waals surface area contributed by atoms with Crippen molar-refractivity contribution < 1.29 is 4.79 Å². The fourth-order valence-electron chi connectivity index (χ4n) is 1.32. The number of thiocarbonyl (C=S) groups is 1. The van der Waals surface area contributed by atoms with Gasteiger partial charge in [-0.2, -0.15) is 0 Å². The number of likely N-dealkylation sites (N-methyl/N-ethyl adjacent to an activating group) is 1. The molecule has 1 atom stereocenters. The summed E-state index contributed by atoms with van der Waals surface area (Å²) in [6.45, 7) is 4.25. The van der Waals surface area contributed by atoms with E-state index in [0.717, 1.165) is 10.2 Å². The molecule has 0 aliphatic carbocycles. The third kappa shape index (κ3) is 5.01. The molecule has 0 fully saturated rings. The number of halogens is 1. The van der Waals surface area contributed by atoms with Crippen LogP contribution in [0.15, 0.2) is 28.7 Å². The minimum absolute atomic E-state index is 0.0732. The molecule has 0 radical (unpaired) electrons. The molecule has 0 aromatic heterocycles. The molecule has 0 heterocycles. The van der Waals surface area contributed by atoms with Crippen molar-refractivity contribution in [3.8, 4) is 0 Å². The first-order chi connectivity index (χ1) is 8.52. The van der Waals surface area contributed by atoms with Crippen molar-refractivity contribution in [3.63, 3.8) is 0 Å². The molecule has 0 bridgehead atoms. The van der Waals surface area contributed by atoms with Crippen molar-refractivity contribution in [1.82, 2.24) is 10.6 Å². The fraction of sp³-hybridized carbons (Fsp3) is 0.333. The van der Waals surface area contributed by atoms with Gasteiger partial charge in [-0.05, 0) is 44.3 Å². The van der Waals surface area contributed by atoms with E-state index in [4.69, 9.17) is 12.2 Å². The summed E-state index contributed by atoms with van der Waals surface area (Å²) < 4.78 is 0.965. The van der Waals surface area contributed by atoms with E-state index in [9.17, 15) is 4.79 Å². The number of hydrogen-bond acceptors (Lipinski definition) is 2. The molecule has 1 rings (SSSR count). The monoisotopic (exact) mass is 329 g/mol. The van der Waals surface area contributed by atoms with E-state index in [0.29, 0.717) is 11.7 Å². The Bertz CT molecular complexity index is 439. The molecular weight excluding hydrogens is 314 g/mol. The second kappa shape index (κ2) is 7.33. The Hall–Kier alpha value is -1.14. The van der Waals surface area contributed by atoms with Crippen LogP contribution in [0.4, 0.5) is 5.69 Å². The summed E-state index contributed by atoms with van der Waals surface area (Å²) in [6, 6.07) is 7.28. The van der Waals surface area contributed by atoms with Crippen molar-refractivity contribution in [2.45, 2.75) is 19.9 Å². The molecule has 3 N–H and O–H groups in total. The quantitative estimate of drug-likeness (QED) is 0.742. The van der Waals surface area contributed by atoms with E-state index in [1.54, 1.807) is 6.92 Å². The number of hydrogen-bond donors (Lipinski definition) is 3. The number of rotatable bonds is 4. The molecule has 1 aromatic carbocycles. The topological polar surface area (TPSA) is 53.2 Å². The zero-order chi connectivity index (χ0) is 13.5. The summed E-state index contributed by atoms with van der Waals surface area (Å²) in [5, 5.41) is 9.10. The molecule has 18 heavy (non-hydrogen) atoms. The van der Waals surface area contributed by atoms with Crippen molar-refractivity contribution in [2.75, 3.05) is 11.9 Å². The van der Waals surface area contributed by atoms with Crippen LogP contribution in [0.3, 0.4) is 0 Å². The van der Waals surface area contributed by atoms with Gasteiger partial charge in [-0.25, -0.2) is 0 Å². The molecule has 0 saturated heterocycles. The van der Waals surface area contributed by atoms with Gasteiger partial charge in [0, 0.05) is 16.7 Å². The molecule has 0 aliphatic heterocycles. The summed E-state index contributed by atoms with van der Waals surface area (Å²) in [4.78, 5) is 11.5. The number of anilines is 1. The van der Waals surface area contributed by atoms with Gasteiger partial charge in [-0.3, -0.25) is 4.79 Å². The number of nitrogens with one attached hydrogen (secondary N) is 3. The predicted octanol–water partition coefficient (Wildman–Crippen LogP) is 2.26. The first-order valence-corrected chi connectivity index (χ1v) is 6.84. The summed E-state index contributed by atoms with van der Waals surface area (Å²) in [7, 11) is 0. The third-order valence-electron chi connectivity index (χ3n) is 2.17. The maximum atomic E-state index is 11.5. The molecule has 6 heteroatoms. The van der Waals surface area contributed by atoms with Crippen molar-refractivity contribution in [3.05, 3.63) is 28.7 Å². The Morgan fingerprint density at radius 3 is 2.83 bits per heavy atom. The Kier molecular flexibility index (Phi) is 6.07. The van der Waals surface area contributed by atoms with Gasteiger partial charge in [0.2, 0.25) is 5.91 Å². The Morgan fingerprint density at radius 1 is 1.50 bits per heavy atom. The average molecular weight is 330 g/mol. The van der Waals surface area contributed by atoms with Gasteiger partial charge < -0.3 is 16.0 Å².